The summed E-state index contributed by atoms with van der Waals surface area (Å²) in [5.74, 6) is 0.262. The van der Waals surface area contributed by atoms with Gasteiger partial charge in [-0.2, -0.15) is 0 Å². The van der Waals surface area contributed by atoms with Gasteiger partial charge in [0.05, 0.1) is 6.33 Å². The van der Waals surface area contributed by atoms with Crippen LogP contribution >= 0.6 is 0 Å². The molecule has 105 valence electrons. The molecule has 3 aromatic heterocycles. The van der Waals surface area contributed by atoms with Crippen molar-refractivity contribution in [2.75, 3.05) is 0 Å². The molecule has 21 heavy (non-hydrogen) atoms. The van der Waals surface area contributed by atoms with Crippen LogP contribution in [-0.4, -0.2) is 19.5 Å². The third-order valence-corrected chi connectivity index (χ3v) is 3.41. The van der Waals surface area contributed by atoms with E-state index in [2.05, 4.69) is 38.1 Å². The van der Waals surface area contributed by atoms with Crippen molar-refractivity contribution in [1.82, 2.24) is 19.5 Å². The first-order valence-electron chi connectivity index (χ1n) is 7.01. The van der Waals surface area contributed by atoms with Crippen molar-refractivity contribution < 1.29 is 0 Å². The minimum Gasteiger partial charge on any atom is -0.337 e. The third kappa shape index (κ3) is 3.75. The van der Waals surface area contributed by atoms with Crippen molar-refractivity contribution in [1.29, 1.82) is 0 Å². The molecule has 0 saturated carbocycles. The lowest BCUT2D eigenvalue weighted by molar-refractivity contribution is 0.656. The number of imidazole rings is 1. The van der Waals surface area contributed by atoms with Crippen LogP contribution in [-0.2, 0) is 13.0 Å². The second kappa shape index (κ2) is 6.79. The highest BCUT2D eigenvalue weighted by Gasteiger charge is 2.14. The summed E-state index contributed by atoms with van der Waals surface area (Å²) >= 11 is 0. The Balaban J connectivity index is 1.74. The lowest BCUT2D eigenvalue weighted by Crippen LogP contribution is -2.10. The zero-order valence-electron chi connectivity index (χ0n) is 11.7. The number of nitrogens with zero attached hydrogens (tertiary/aromatic N) is 4. The molecule has 3 heterocycles. The van der Waals surface area contributed by atoms with Gasteiger partial charge in [0.15, 0.2) is 0 Å². The molecular formula is C17H17N4. The Hall–Kier alpha value is -2.49. The predicted molar refractivity (Wildman–Crippen MR) is 81.4 cm³/mol. The molecular weight excluding hydrogens is 260 g/mol. The van der Waals surface area contributed by atoms with Gasteiger partial charge in [-0.3, -0.25) is 9.97 Å². The molecule has 0 aliphatic carbocycles. The van der Waals surface area contributed by atoms with E-state index in [9.17, 15) is 0 Å². The van der Waals surface area contributed by atoms with Crippen molar-refractivity contribution in [3.8, 4) is 0 Å². The molecule has 0 N–H and O–H groups in total. The molecule has 4 nitrogen and oxygen atoms in total. The highest BCUT2D eigenvalue weighted by atomic mass is 15.0. The third-order valence-electron chi connectivity index (χ3n) is 3.41. The zero-order chi connectivity index (χ0) is 14.3. The van der Waals surface area contributed by atoms with E-state index in [-0.39, 0.29) is 5.92 Å². The summed E-state index contributed by atoms with van der Waals surface area (Å²) < 4.78 is 2.05. The summed E-state index contributed by atoms with van der Waals surface area (Å²) in [6, 6.07) is 10.1. The van der Waals surface area contributed by atoms with E-state index in [0.29, 0.717) is 0 Å². The number of aromatic nitrogens is 4. The van der Waals surface area contributed by atoms with E-state index in [1.54, 1.807) is 12.4 Å². The topological polar surface area (TPSA) is 43.6 Å². The van der Waals surface area contributed by atoms with Gasteiger partial charge in [-0.15, -0.1) is 0 Å². The maximum Gasteiger partial charge on any atom is 0.0946 e. The second-order valence-corrected chi connectivity index (χ2v) is 4.92. The van der Waals surface area contributed by atoms with Crippen LogP contribution in [0.3, 0.4) is 0 Å². The Morgan fingerprint density at radius 1 is 1.05 bits per heavy atom. The fourth-order valence-electron chi connectivity index (χ4n) is 2.32. The summed E-state index contributed by atoms with van der Waals surface area (Å²) in [6.07, 6.45) is 14.3. The minimum absolute atomic E-state index is 0.262. The lowest BCUT2D eigenvalue weighted by atomic mass is 9.93. The Morgan fingerprint density at radius 2 is 2.05 bits per heavy atom. The van der Waals surface area contributed by atoms with E-state index in [0.717, 1.165) is 18.7 Å². The van der Waals surface area contributed by atoms with Crippen LogP contribution < -0.4 is 0 Å². The number of hydrogen-bond donors (Lipinski definition) is 0. The molecule has 0 amide bonds. The van der Waals surface area contributed by atoms with Gasteiger partial charge in [-0.05, 0) is 36.6 Å². The van der Waals surface area contributed by atoms with Crippen molar-refractivity contribution in [2.24, 2.45) is 0 Å². The molecule has 1 unspecified atom stereocenters. The Labute approximate surface area is 124 Å². The number of hydrogen-bond acceptors (Lipinski definition) is 3. The SMILES string of the molecule is [CH](Cn1ccnc1)C(Cc1cccnc1)c1ccccn1. The van der Waals surface area contributed by atoms with Crippen LogP contribution in [0.25, 0.3) is 0 Å². The van der Waals surface area contributed by atoms with Gasteiger partial charge in [-0.1, -0.05) is 12.1 Å². The van der Waals surface area contributed by atoms with Crippen molar-refractivity contribution in [3.05, 3.63) is 85.3 Å². The fourth-order valence-corrected chi connectivity index (χ4v) is 2.32. The maximum absolute atomic E-state index is 4.50. The lowest BCUT2D eigenvalue weighted by Gasteiger charge is -2.16. The van der Waals surface area contributed by atoms with E-state index in [1.165, 1.54) is 5.56 Å². The van der Waals surface area contributed by atoms with Gasteiger partial charge in [-0.25, -0.2) is 4.98 Å². The Kier molecular flexibility index (Phi) is 4.36. The molecule has 3 aromatic rings. The monoisotopic (exact) mass is 277 g/mol. The maximum atomic E-state index is 4.50. The fraction of sp³-hybridized carbons (Fsp3) is 0.176. The first-order valence-corrected chi connectivity index (χ1v) is 7.01. The van der Waals surface area contributed by atoms with Gasteiger partial charge in [0.1, 0.15) is 0 Å². The molecule has 3 rings (SSSR count). The highest BCUT2D eigenvalue weighted by Crippen LogP contribution is 2.22. The number of rotatable bonds is 6. The summed E-state index contributed by atoms with van der Waals surface area (Å²) in [4.78, 5) is 12.8. The molecule has 0 bridgehead atoms. The van der Waals surface area contributed by atoms with Gasteiger partial charge in [0, 0.05) is 49.1 Å². The summed E-state index contributed by atoms with van der Waals surface area (Å²) in [7, 11) is 0. The Morgan fingerprint density at radius 3 is 2.76 bits per heavy atom. The average molecular weight is 277 g/mol. The summed E-state index contributed by atoms with van der Waals surface area (Å²) in [5.41, 5.74) is 2.30. The molecule has 1 radical (unpaired) electrons. The molecule has 1 atom stereocenters. The van der Waals surface area contributed by atoms with Gasteiger partial charge >= 0.3 is 0 Å². The van der Waals surface area contributed by atoms with Crippen LogP contribution in [0.2, 0.25) is 0 Å². The molecule has 0 spiro atoms. The molecule has 0 aliphatic heterocycles. The highest BCUT2D eigenvalue weighted by molar-refractivity contribution is 5.19. The van der Waals surface area contributed by atoms with E-state index in [4.69, 9.17) is 0 Å². The van der Waals surface area contributed by atoms with Crippen LogP contribution in [0.5, 0.6) is 0 Å². The zero-order valence-corrected chi connectivity index (χ0v) is 11.7. The molecule has 0 saturated heterocycles. The predicted octanol–water partition coefficient (Wildman–Crippen LogP) is 2.90. The van der Waals surface area contributed by atoms with E-state index >= 15 is 0 Å². The molecule has 0 fully saturated rings. The Bertz CT molecular complexity index is 635. The number of pyridine rings is 2. The van der Waals surface area contributed by atoms with Crippen molar-refractivity contribution >= 4 is 0 Å². The van der Waals surface area contributed by atoms with Crippen LogP contribution in [0.1, 0.15) is 17.2 Å². The first kappa shape index (κ1) is 13.5. The normalized spacial score (nSPS) is 12.2. The molecule has 4 heteroatoms. The summed E-state index contributed by atoms with van der Waals surface area (Å²) in [5, 5.41) is 0. The van der Waals surface area contributed by atoms with Gasteiger partial charge in [0.25, 0.3) is 0 Å². The first-order chi connectivity index (χ1) is 10.4. The van der Waals surface area contributed by atoms with Gasteiger partial charge < -0.3 is 4.57 Å². The molecule has 0 aromatic carbocycles. The summed E-state index contributed by atoms with van der Waals surface area (Å²) in [6.45, 7) is 0.821. The van der Waals surface area contributed by atoms with Crippen LogP contribution in [0.4, 0.5) is 0 Å². The minimum atomic E-state index is 0.262. The van der Waals surface area contributed by atoms with Crippen molar-refractivity contribution in [3.63, 3.8) is 0 Å². The molecule has 0 aliphatic rings. The average Bonchev–Trinajstić information content (AvgIpc) is 3.07. The second-order valence-electron chi connectivity index (χ2n) is 4.92. The smallest absolute Gasteiger partial charge is 0.0946 e. The standard InChI is InChI=1S/C17H17N4/c1-2-8-20-17(5-1)16(6-10-21-11-9-19-14-21)12-15-4-3-7-18-13-15/h1-9,11,13-14,16H,10,12H2. The van der Waals surface area contributed by atoms with Gasteiger partial charge in [0.2, 0.25) is 0 Å². The van der Waals surface area contributed by atoms with Crippen LogP contribution in [0.15, 0.2) is 67.6 Å². The van der Waals surface area contributed by atoms with E-state index < -0.39 is 0 Å². The largest absolute Gasteiger partial charge is 0.337 e. The quantitative estimate of drug-likeness (QED) is 0.696. The van der Waals surface area contributed by atoms with Crippen LogP contribution in [0, 0.1) is 6.42 Å². The van der Waals surface area contributed by atoms with E-state index in [1.807, 2.05) is 43.1 Å². The van der Waals surface area contributed by atoms with Crippen molar-refractivity contribution in [2.45, 2.75) is 18.9 Å².